The molecule has 1 aliphatic rings. The summed E-state index contributed by atoms with van der Waals surface area (Å²) >= 11 is 0. The minimum atomic E-state index is -0.842. The van der Waals surface area contributed by atoms with E-state index in [9.17, 15) is 4.79 Å². The highest BCUT2D eigenvalue weighted by Gasteiger charge is 2.21. The molecule has 0 spiro atoms. The van der Waals surface area contributed by atoms with Gasteiger partial charge in [-0.2, -0.15) is 0 Å². The predicted octanol–water partition coefficient (Wildman–Crippen LogP) is 0.664. The Balaban J connectivity index is 1.83. The van der Waals surface area contributed by atoms with Crippen LogP contribution in [-0.2, 0) is 11.2 Å². The standard InChI is InChI=1S/C11H13NO3/c13-11(14)7-12-6-9-5-8-3-1-2-4-10(8)15-9/h1-4,9,12H,5-7H2,(H,13,14). The number of carboxylic acid groups (broad SMARTS) is 1. The summed E-state index contributed by atoms with van der Waals surface area (Å²) in [7, 11) is 0. The lowest BCUT2D eigenvalue weighted by molar-refractivity contribution is -0.136. The fraction of sp³-hybridized carbons (Fsp3) is 0.364. The fourth-order valence-corrected chi connectivity index (χ4v) is 1.71. The first-order valence-corrected chi connectivity index (χ1v) is 4.93. The van der Waals surface area contributed by atoms with Crippen molar-refractivity contribution in [2.24, 2.45) is 0 Å². The molecule has 0 amide bonds. The molecule has 1 aromatic rings. The Morgan fingerprint density at radius 3 is 3.07 bits per heavy atom. The van der Waals surface area contributed by atoms with E-state index in [4.69, 9.17) is 9.84 Å². The van der Waals surface area contributed by atoms with Gasteiger partial charge in [-0.3, -0.25) is 4.79 Å². The molecule has 0 fully saturated rings. The number of nitrogens with one attached hydrogen (secondary N) is 1. The molecule has 2 rings (SSSR count). The SMILES string of the molecule is O=C(O)CNCC1Cc2ccccc2O1. The quantitative estimate of drug-likeness (QED) is 0.761. The highest BCUT2D eigenvalue weighted by atomic mass is 16.5. The van der Waals surface area contributed by atoms with E-state index in [0.717, 1.165) is 12.2 Å². The molecule has 4 heteroatoms. The minimum absolute atomic E-state index is 0.0177. The highest BCUT2D eigenvalue weighted by molar-refractivity contribution is 5.68. The van der Waals surface area contributed by atoms with E-state index in [0.29, 0.717) is 6.54 Å². The number of ether oxygens (including phenoxy) is 1. The maximum Gasteiger partial charge on any atom is 0.317 e. The van der Waals surface area contributed by atoms with E-state index in [1.54, 1.807) is 0 Å². The van der Waals surface area contributed by atoms with Crippen LogP contribution in [0.25, 0.3) is 0 Å². The zero-order chi connectivity index (χ0) is 10.7. The van der Waals surface area contributed by atoms with E-state index < -0.39 is 5.97 Å². The van der Waals surface area contributed by atoms with Gasteiger partial charge in [0.15, 0.2) is 0 Å². The molecule has 0 aliphatic carbocycles. The van der Waals surface area contributed by atoms with Crippen molar-refractivity contribution in [1.82, 2.24) is 5.32 Å². The number of carbonyl (C=O) groups is 1. The molecule has 15 heavy (non-hydrogen) atoms. The van der Waals surface area contributed by atoms with Gasteiger partial charge < -0.3 is 15.2 Å². The summed E-state index contributed by atoms with van der Waals surface area (Å²) in [5.41, 5.74) is 1.19. The molecule has 0 aromatic heterocycles. The lowest BCUT2D eigenvalue weighted by atomic mass is 10.1. The number of para-hydroxylation sites is 1. The number of rotatable bonds is 4. The second-order valence-electron chi connectivity index (χ2n) is 3.58. The van der Waals surface area contributed by atoms with Gasteiger partial charge in [-0.1, -0.05) is 18.2 Å². The van der Waals surface area contributed by atoms with Gasteiger partial charge in [-0.15, -0.1) is 0 Å². The van der Waals surface area contributed by atoms with Crippen LogP contribution in [0.15, 0.2) is 24.3 Å². The van der Waals surface area contributed by atoms with Crippen LogP contribution in [0.1, 0.15) is 5.56 Å². The van der Waals surface area contributed by atoms with Crippen molar-refractivity contribution in [3.63, 3.8) is 0 Å². The largest absolute Gasteiger partial charge is 0.488 e. The molecule has 4 nitrogen and oxygen atoms in total. The summed E-state index contributed by atoms with van der Waals surface area (Å²) < 4.78 is 5.63. The molecular weight excluding hydrogens is 194 g/mol. The first-order chi connectivity index (χ1) is 7.25. The smallest absolute Gasteiger partial charge is 0.317 e. The van der Waals surface area contributed by atoms with Crippen molar-refractivity contribution in [2.45, 2.75) is 12.5 Å². The van der Waals surface area contributed by atoms with E-state index in [1.165, 1.54) is 5.56 Å². The van der Waals surface area contributed by atoms with Crippen LogP contribution >= 0.6 is 0 Å². The van der Waals surface area contributed by atoms with Crippen molar-refractivity contribution in [2.75, 3.05) is 13.1 Å². The molecular formula is C11H13NO3. The van der Waals surface area contributed by atoms with E-state index >= 15 is 0 Å². The maximum absolute atomic E-state index is 10.3. The second-order valence-corrected chi connectivity index (χ2v) is 3.58. The van der Waals surface area contributed by atoms with Gasteiger partial charge in [0.05, 0.1) is 6.54 Å². The van der Waals surface area contributed by atoms with Crippen LogP contribution in [0.3, 0.4) is 0 Å². The van der Waals surface area contributed by atoms with E-state index in [-0.39, 0.29) is 12.6 Å². The average molecular weight is 207 g/mol. The third-order valence-electron chi connectivity index (χ3n) is 2.36. The van der Waals surface area contributed by atoms with Gasteiger partial charge in [0.25, 0.3) is 0 Å². The Hall–Kier alpha value is -1.55. The number of carboxylic acids is 1. The van der Waals surface area contributed by atoms with Crippen LogP contribution in [0, 0.1) is 0 Å². The van der Waals surface area contributed by atoms with Crippen LogP contribution in [-0.4, -0.2) is 30.3 Å². The molecule has 0 bridgehead atoms. The minimum Gasteiger partial charge on any atom is -0.488 e. The summed E-state index contributed by atoms with van der Waals surface area (Å²) in [6, 6.07) is 7.89. The van der Waals surface area contributed by atoms with E-state index in [1.807, 2.05) is 24.3 Å². The lowest BCUT2D eigenvalue weighted by Gasteiger charge is -2.10. The maximum atomic E-state index is 10.3. The summed E-state index contributed by atoms with van der Waals surface area (Å²) in [5, 5.41) is 11.3. The molecule has 80 valence electrons. The Kier molecular flexibility index (Phi) is 2.87. The van der Waals surface area contributed by atoms with E-state index in [2.05, 4.69) is 5.32 Å². The van der Waals surface area contributed by atoms with Crippen LogP contribution in [0.4, 0.5) is 0 Å². The number of hydrogen-bond donors (Lipinski definition) is 2. The highest BCUT2D eigenvalue weighted by Crippen LogP contribution is 2.27. The monoisotopic (exact) mass is 207 g/mol. The van der Waals surface area contributed by atoms with Crippen LogP contribution < -0.4 is 10.1 Å². The molecule has 1 aromatic carbocycles. The summed E-state index contributed by atoms with van der Waals surface area (Å²) in [5.74, 6) is 0.0742. The molecule has 1 atom stereocenters. The zero-order valence-corrected chi connectivity index (χ0v) is 8.27. The first-order valence-electron chi connectivity index (χ1n) is 4.93. The number of aliphatic carboxylic acids is 1. The van der Waals surface area contributed by atoms with Gasteiger partial charge in [0, 0.05) is 13.0 Å². The average Bonchev–Trinajstić information content (AvgIpc) is 2.59. The van der Waals surface area contributed by atoms with Crippen molar-refractivity contribution in [1.29, 1.82) is 0 Å². The molecule has 1 unspecified atom stereocenters. The van der Waals surface area contributed by atoms with Crippen molar-refractivity contribution < 1.29 is 14.6 Å². The Labute approximate surface area is 87.9 Å². The summed E-state index contributed by atoms with van der Waals surface area (Å²) in [4.78, 5) is 10.3. The summed E-state index contributed by atoms with van der Waals surface area (Å²) in [6.07, 6.45) is 0.907. The van der Waals surface area contributed by atoms with Gasteiger partial charge in [0.2, 0.25) is 0 Å². The normalized spacial score (nSPS) is 18.3. The molecule has 1 heterocycles. The van der Waals surface area contributed by atoms with Crippen LogP contribution in [0.5, 0.6) is 5.75 Å². The molecule has 0 saturated heterocycles. The lowest BCUT2D eigenvalue weighted by Crippen LogP contribution is -2.33. The van der Waals surface area contributed by atoms with Crippen molar-refractivity contribution in [3.05, 3.63) is 29.8 Å². The Morgan fingerprint density at radius 2 is 2.33 bits per heavy atom. The van der Waals surface area contributed by atoms with Gasteiger partial charge in [0.1, 0.15) is 11.9 Å². The van der Waals surface area contributed by atoms with Crippen molar-refractivity contribution >= 4 is 5.97 Å². The second kappa shape index (κ2) is 4.31. The van der Waals surface area contributed by atoms with Gasteiger partial charge >= 0.3 is 5.97 Å². The molecule has 2 N–H and O–H groups in total. The topological polar surface area (TPSA) is 58.6 Å². The third-order valence-corrected chi connectivity index (χ3v) is 2.36. The first kappa shape index (κ1) is 9.98. The number of hydrogen-bond acceptors (Lipinski definition) is 3. The van der Waals surface area contributed by atoms with Gasteiger partial charge in [-0.05, 0) is 11.6 Å². The molecule has 0 radical (unpaired) electrons. The zero-order valence-electron chi connectivity index (χ0n) is 8.27. The van der Waals surface area contributed by atoms with Crippen molar-refractivity contribution in [3.8, 4) is 5.75 Å². The predicted molar refractivity (Wildman–Crippen MR) is 55.1 cm³/mol. The Morgan fingerprint density at radius 1 is 1.53 bits per heavy atom. The fourth-order valence-electron chi connectivity index (χ4n) is 1.71. The number of benzene rings is 1. The Bertz CT molecular complexity index is 340. The number of fused-ring (bicyclic) bond motifs is 1. The van der Waals surface area contributed by atoms with Crippen LogP contribution in [0.2, 0.25) is 0 Å². The third kappa shape index (κ3) is 2.47. The summed E-state index contributed by atoms with van der Waals surface area (Å²) in [6.45, 7) is 0.553. The molecule has 0 saturated carbocycles. The molecule has 1 aliphatic heterocycles. The van der Waals surface area contributed by atoms with Gasteiger partial charge in [-0.25, -0.2) is 0 Å².